The van der Waals surface area contributed by atoms with Crippen molar-refractivity contribution in [2.45, 2.75) is 31.7 Å². The highest BCUT2D eigenvalue weighted by atomic mass is 16.5. The summed E-state index contributed by atoms with van der Waals surface area (Å²) >= 11 is 0. The van der Waals surface area contributed by atoms with Crippen molar-refractivity contribution in [2.75, 3.05) is 20.3 Å². The maximum absolute atomic E-state index is 11.9. The van der Waals surface area contributed by atoms with Crippen LogP contribution in [0.2, 0.25) is 0 Å². The fraction of sp³-hybridized carbons (Fsp3) is 0.692. The second kappa shape index (κ2) is 7.87. The van der Waals surface area contributed by atoms with Crippen LogP contribution in [0, 0.1) is 5.92 Å². The molecule has 1 N–H and O–H groups in total. The van der Waals surface area contributed by atoms with Crippen molar-refractivity contribution in [3.05, 3.63) is 12.7 Å². The summed E-state index contributed by atoms with van der Waals surface area (Å²) in [5, 5.41) is 2.74. The Bertz CT molecular complexity index is 297. The number of unbranched alkanes of at least 4 members (excludes halogenated alkanes) is 1. The summed E-state index contributed by atoms with van der Waals surface area (Å²) in [6, 6.07) is -0.567. The predicted molar refractivity (Wildman–Crippen MR) is 66.9 cm³/mol. The van der Waals surface area contributed by atoms with E-state index in [1.807, 2.05) is 0 Å². The summed E-state index contributed by atoms with van der Waals surface area (Å²) < 4.78 is 9.85. The van der Waals surface area contributed by atoms with Gasteiger partial charge in [0.2, 0.25) is 5.91 Å². The average Bonchev–Trinajstić information content (AvgIpc) is 2.90. The van der Waals surface area contributed by atoms with Gasteiger partial charge in [-0.3, -0.25) is 4.79 Å². The van der Waals surface area contributed by atoms with Crippen molar-refractivity contribution in [3.8, 4) is 0 Å². The van der Waals surface area contributed by atoms with Gasteiger partial charge in [-0.25, -0.2) is 4.79 Å². The van der Waals surface area contributed by atoms with Crippen molar-refractivity contribution < 1.29 is 19.1 Å². The van der Waals surface area contributed by atoms with E-state index in [0.29, 0.717) is 26.1 Å². The lowest BCUT2D eigenvalue weighted by Gasteiger charge is -2.18. The van der Waals surface area contributed by atoms with Crippen LogP contribution in [0.3, 0.4) is 0 Å². The maximum atomic E-state index is 11.9. The average molecular weight is 255 g/mol. The zero-order valence-corrected chi connectivity index (χ0v) is 10.8. The third kappa shape index (κ3) is 4.49. The first-order valence-corrected chi connectivity index (χ1v) is 6.26. The number of nitrogens with one attached hydrogen (secondary N) is 1. The van der Waals surface area contributed by atoms with Gasteiger partial charge in [-0.1, -0.05) is 6.08 Å². The summed E-state index contributed by atoms with van der Waals surface area (Å²) in [6.45, 7) is 4.67. The molecule has 5 nitrogen and oxygen atoms in total. The van der Waals surface area contributed by atoms with Crippen LogP contribution < -0.4 is 5.32 Å². The Balaban J connectivity index is 2.45. The van der Waals surface area contributed by atoms with Crippen LogP contribution in [0.15, 0.2) is 12.7 Å². The highest BCUT2D eigenvalue weighted by Gasteiger charge is 2.28. The molecule has 0 spiro atoms. The van der Waals surface area contributed by atoms with Gasteiger partial charge in [-0.15, -0.1) is 6.58 Å². The molecule has 1 saturated heterocycles. The minimum Gasteiger partial charge on any atom is -0.467 e. The zero-order chi connectivity index (χ0) is 13.4. The molecule has 1 aliphatic rings. The minimum atomic E-state index is -0.567. The number of ether oxygens (including phenoxy) is 2. The van der Waals surface area contributed by atoms with Crippen molar-refractivity contribution in [1.82, 2.24) is 5.32 Å². The highest BCUT2D eigenvalue weighted by Crippen LogP contribution is 2.13. The van der Waals surface area contributed by atoms with Crippen molar-refractivity contribution in [3.63, 3.8) is 0 Å². The SMILES string of the molecule is C=CCCC[C@@H](NC(=O)[C@H]1CCOC1)C(=O)OC. The molecule has 0 aliphatic carbocycles. The van der Waals surface area contributed by atoms with Crippen molar-refractivity contribution in [1.29, 1.82) is 0 Å². The first kappa shape index (κ1) is 14.7. The lowest BCUT2D eigenvalue weighted by Crippen LogP contribution is -2.44. The molecule has 2 atom stereocenters. The third-order valence-electron chi connectivity index (χ3n) is 3.00. The van der Waals surface area contributed by atoms with E-state index in [2.05, 4.69) is 11.9 Å². The largest absolute Gasteiger partial charge is 0.467 e. The van der Waals surface area contributed by atoms with Crippen LogP contribution in [-0.2, 0) is 19.1 Å². The number of methoxy groups -OCH3 is 1. The van der Waals surface area contributed by atoms with Crippen LogP contribution in [-0.4, -0.2) is 38.2 Å². The molecule has 5 heteroatoms. The Hall–Kier alpha value is -1.36. The van der Waals surface area contributed by atoms with Crippen LogP contribution in [0.25, 0.3) is 0 Å². The lowest BCUT2D eigenvalue weighted by molar-refractivity contribution is -0.145. The molecule has 1 rings (SSSR count). The van der Waals surface area contributed by atoms with Crippen LogP contribution in [0.4, 0.5) is 0 Å². The normalized spacial score (nSPS) is 20.2. The van der Waals surface area contributed by atoms with E-state index in [1.54, 1.807) is 6.08 Å². The molecular formula is C13H21NO4. The van der Waals surface area contributed by atoms with E-state index in [0.717, 1.165) is 12.8 Å². The number of amides is 1. The van der Waals surface area contributed by atoms with Gasteiger partial charge in [0, 0.05) is 6.61 Å². The smallest absolute Gasteiger partial charge is 0.328 e. The molecule has 0 saturated carbocycles. The molecule has 0 radical (unpaired) electrons. The third-order valence-corrected chi connectivity index (χ3v) is 3.00. The first-order chi connectivity index (χ1) is 8.69. The standard InChI is InChI=1S/C13H21NO4/c1-3-4-5-6-11(13(16)17-2)14-12(15)10-7-8-18-9-10/h3,10-11H,1,4-9H2,2H3,(H,14,15)/t10-,11+/m0/s1. The molecule has 0 aromatic carbocycles. The fourth-order valence-electron chi connectivity index (χ4n) is 1.89. The molecule has 1 amide bonds. The summed E-state index contributed by atoms with van der Waals surface area (Å²) in [6.07, 6.45) is 4.69. The van der Waals surface area contributed by atoms with E-state index in [9.17, 15) is 9.59 Å². The summed E-state index contributed by atoms with van der Waals surface area (Å²) in [4.78, 5) is 23.5. The quantitative estimate of drug-likeness (QED) is 0.419. The Labute approximate surface area is 108 Å². The Morgan fingerprint density at radius 2 is 2.39 bits per heavy atom. The number of hydrogen-bond donors (Lipinski definition) is 1. The molecule has 18 heavy (non-hydrogen) atoms. The number of carbonyl (C=O) groups excluding carboxylic acids is 2. The van der Waals surface area contributed by atoms with Gasteiger partial charge >= 0.3 is 5.97 Å². The molecule has 1 heterocycles. The Kier molecular flexibility index (Phi) is 6.43. The monoisotopic (exact) mass is 255 g/mol. The number of allylic oxidation sites excluding steroid dienone is 1. The number of carbonyl (C=O) groups is 2. The van der Waals surface area contributed by atoms with E-state index in [4.69, 9.17) is 9.47 Å². The second-order valence-corrected chi connectivity index (χ2v) is 4.36. The predicted octanol–water partition coefficient (Wildman–Crippen LogP) is 1.04. The molecule has 102 valence electrons. The first-order valence-electron chi connectivity index (χ1n) is 6.26. The Morgan fingerprint density at radius 3 is 2.94 bits per heavy atom. The molecule has 0 aromatic heterocycles. The van der Waals surface area contributed by atoms with Gasteiger partial charge in [0.1, 0.15) is 6.04 Å². The van der Waals surface area contributed by atoms with Crippen LogP contribution >= 0.6 is 0 Å². The number of rotatable bonds is 7. The lowest BCUT2D eigenvalue weighted by atomic mass is 10.1. The topological polar surface area (TPSA) is 64.6 Å². The van der Waals surface area contributed by atoms with Gasteiger partial charge in [-0.05, 0) is 25.7 Å². The van der Waals surface area contributed by atoms with Crippen LogP contribution in [0.1, 0.15) is 25.7 Å². The van der Waals surface area contributed by atoms with Gasteiger partial charge < -0.3 is 14.8 Å². The van der Waals surface area contributed by atoms with E-state index >= 15 is 0 Å². The fourth-order valence-corrected chi connectivity index (χ4v) is 1.89. The van der Waals surface area contributed by atoms with Crippen molar-refractivity contribution >= 4 is 11.9 Å². The molecule has 1 fully saturated rings. The van der Waals surface area contributed by atoms with Gasteiger partial charge in [0.05, 0.1) is 19.6 Å². The second-order valence-electron chi connectivity index (χ2n) is 4.36. The number of esters is 1. The Morgan fingerprint density at radius 1 is 1.61 bits per heavy atom. The highest BCUT2D eigenvalue weighted by molar-refractivity contribution is 5.85. The summed E-state index contributed by atoms with van der Waals surface area (Å²) in [7, 11) is 1.33. The maximum Gasteiger partial charge on any atom is 0.328 e. The summed E-state index contributed by atoms with van der Waals surface area (Å²) in [5.74, 6) is -0.663. The van der Waals surface area contributed by atoms with Crippen molar-refractivity contribution in [2.24, 2.45) is 5.92 Å². The molecule has 0 aromatic rings. The van der Waals surface area contributed by atoms with Crippen LogP contribution in [0.5, 0.6) is 0 Å². The van der Waals surface area contributed by atoms with E-state index in [1.165, 1.54) is 7.11 Å². The number of hydrogen-bond acceptors (Lipinski definition) is 4. The summed E-state index contributed by atoms with van der Waals surface area (Å²) in [5.41, 5.74) is 0. The van der Waals surface area contributed by atoms with E-state index < -0.39 is 12.0 Å². The molecule has 1 aliphatic heterocycles. The zero-order valence-electron chi connectivity index (χ0n) is 10.8. The van der Waals surface area contributed by atoms with Gasteiger partial charge in [-0.2, -0.15) is 0 Å². The van der Waals surface area contributed by atoms with E-state index in [-0.39, 0.29) is 11.8 Å². The molecular weight excluding hydrogens is 234 g/mol. The molecule has 0 unspecified atom stereocenters. The molecule has 0 bridgehead atoms. The van der Waals surface area contributed by atoms with Gasteiger partial charge in [0.25, 0.3) is 0 Å². The minimum absolute atomic E-state index is 0.124. The van der Waals surface area contributed by atoms with Gasteiger partial charge in [0.15, 0.2) is 0 Å².